The fourth-order valence-electron chi connectivity index (χ4n) is 4.05. The Morgan fingerprint density at radius 3 is 2.44 bits per heavy atom. The molecule has 176 valence electrons. The summed E-state index contributed by atoms with van der Waals surface area (Å²) in [6.07, 6.45) is 4.92. The van der Waals surface area contributed by atoms with Crippen molar-refractivity contribution in [3.63, 3.8) is 0 Å². The van der Waals surface area contributed by atoms with Crippen LogP contribution in [0.5, 0.6) is 0 Å². The number of nitrogens with zero attached hydrogens (tertiary/aromatic N) is 3. The van der Waals surface area contributed by atoms with Gasteiger partial charge in [-0.3, -0.25) is 9.59 Å². The van der Waals surface area contributed by atoms with Gasteiger partial charge in [-0.1, -0.05) is 54.8 Å². The lowest BCUT2D eigenvalue weighted by molar-refractivity contribution is -0.120. The standard InChI is InChI=1S/C26H28ClN5O2/c1-32(17-25(33)28-20-9-5-6-10-20)24-16-22(27)30-23(31-24)15-18-11-13-21(14-12-18)29-26(34)19-7-3-2-4-8-19/h2-4,7-8,11-14,16,20H,5-6,9-10,15,17H2,1H3,(H,28,33)(H,29,34). The summed E-state index contributed by atoms with van der Waals surface area (Å²) in [6, 6.07) is 18.6. The Morgan fingerprint density at radius 1 is 1.03 bits per heavy atom. The van der Waals surface area contributed by atoms with Gasteiger partial charge in [0.05, 0.1) is 6.54 Å². The van der Waals surface area contributed by atoms with Crippen molar-refractivity contribution < 1.29 is 9.59 Å². The third-order valence-electron chi connectivity index (χ3n) is 5.83. The minimum Gasteiger partial charge on any atom is -0.352 e. The van der Waals surface area contributed by atoms with E-state index in [4.69, 9.17) is 11.6 Å². The molecule has 2 N–H and O–H groups in total. The zero-order valence-electron chi connectivity index (χ0n) is 19.1. The van der Waals surface area contributed by atoms with Crippen molar-refractivity contribution >= 4 is 34.9 Å². The van der Waals surface area contributed by atoms with Gasteiger partial charge in [-0.2, -0.15) is 0 Å². The van der Waals surface area contributed by atoms with Gasteiger partial charge in [-0.15, -0.1) is 0 Å². The zero-order chi connectivity index (χ0) is 23.9. The Hall–Kier alpha value is -3.45. The molecule has 0 saturated heterocycles. The normalized spacial score (nSPS) is 13.5. The van der Waals surface area contributed by atoms with E-state index >= 15 is 0 Å². The molecule has 0 unspecified atom stereocenters. The molecular formula is C26H28ClN5O2. The summed E-state index contributed by atoms with van der Waals surface area (Å²) in [7, 11) is 1.82. The Morgan fingerprint density at radius 2 is 1.74 bits per heavy atom. The second-order valence-corrected chi connectivity index (χ2v) is 8.95. The van der Waals surface area contributed by atoms with E-state index in [-0.39, 0.29) is 24.4 Å². The molecule has 1 aliphatic carbocycles. The molecule has 1 saturated carbocycles. The second-order valence-electron chi connectivity index (χ2n) is 8.56. The predicted molar refractivity (Wildman–Crippen MR) is 134 cm³/mol. The van der Waals surface area contributed by atoms with Crippen molar-refractivity contribution in [1.29, 1.82) is 0 Å². The highest BCUT2D eigenvalue weighted by Gasteiger charge is 2.18. The van der Waals surface area contributed by atoms with E-state index in [1.807, 2.05) is 49.5 Å². The van der Waals surface area contributed by atoms with Crippen LogP contribution < -0.4 is 15.5 Å². The van der Waals surface area contributed by atoms with E-state index in [1.54, 1.807) is 23.1 Å². The lowest BCUT2D eigenvalue weighted by Crippen LogP contribution is -2.40. The Kier molecular flexibility index (Phi) is 7.75. The highest BCUT2D eigenvalue weighted by Crippen LogP contribution is 2.20. The van der Waals surface area contributed by atoms with Crippen LogP contribution in [0.3, 0.4) is 0 Å². The number of rotatable bonds is 8. The first-order valence-electron chi connectivity index (χ1n) is 11.5. The van der Waals surface area contributed by atoms with Gasteiger partial charge in [0.25, 0.3) is 5.91 Å². The van der Waals surface area contributed by atoms with E-state index < -0.39 is 0 Å². The number of hydrogen-bond donors (Lipinski definition) is 2. The molecule has 0 atom stereocenters. The lowest BCUT2D eigenvalue weighted by atomic mass is 10.1. The molecule has 34 heavy (non-hydrogen) atoms. The Balaban J connectivity index is 1.36. The van der Waals surface area contributed by atoms with Crippen LogP contribution >= 0.6 is 11.6 Å². The van der Waals surface area contributed by atoms with Crippen molar-refractivity contribution in [2.45, 2.75) is 38.1 Å². The van der Waals surface area contributed by atoms with Gasteiger partial charge in [-0.25, -0.2) is 9.97 Å². The van der Waals surface area contributed by atoms with Gasteiger partial charge >= 0.3 is 0 Å². The number of anilines is 2. The molecule has 1 fully saturated rings. The predicted octanol–water partition coefficient (Wildman–Crippen LogP) is 4.47. The molecule has 1 aliphatic rings. The summed E-state index contributed by atoms with van der Waals surface area (Å²) in [5, 5.41) is 6.31. The fraction of sp³-hybridized carbons (Fsp3) is 0.308. The smallest absolute Gasteiger partial charge is 0.255 e. The number of carbonyl (C=O) groups excluding carboxylic acids is 2. The van der Waals surface area contributed by atoms with Crippen LogP contribution in [0.25, 0.3) is 0 Å². The topological polar surface area (TPSA) is 87.2 Å². The van der Waals surface area contributed by atoms with Gasteiger partial charge in [-0.05, 0) is 42.7 Å². The van der Waals surface area contributed by atoms with Crippen LogP contribution in [-0.2, 0) is 11.2 Å². The molecule has 7 nitrogen and oxygen atoms in total. The van der Waals surface area contributed by atoms with Gasteiger partial charge in [0.15, 0.2) is 0 Å². The summed E-state index contributed by atoms with van der Waals surface area (Å²) in [5.41, 5.74) is 2.29. The molecule has 0 spiro atoms. The molecule has 8 heteroatoms. The first-order chi connectivity index (χ1) is 16.5. The van der Waals surface area contributed by atoms with E-state index in [1.165, 1.54) is 12.8 Å². The summed E-state index contributed by atoms with van der Waals surface area (Å²) < 4.78 is 0. The summed E-state index contributed by atoms with van der Waals surface area (Å²) >= 11 is 6.25. The fourth-order valence-corrected chi connectivity index (χ4v) is 4.24. The first kappa shape index (κ1) is 23.7. The molecule has 1 heterocycles. The molecule has 4 rings (SSSR count). The lowest BCUT2D eigenvalue weighted by Gasteiger charge is -2.20. The third-order valence-corrected chi connectivity index (χ3v) is 6.02. The van der Waals surface area contributed by atoms with Crippen LogP contribution in [0.1, 0.15) is 47.4 Å². The van der Waals surface area contributed by atoms with Gasteiger partial charge < -0.3 is 15.5 Å². The van der Waals surface area contributed by atoms with Crippen molar-refractivity contribution in [2.24, 2.45) is 0 Å². The second kappa shape index (κ2) is 11.1. The first-order valence-corrected chi connectivity index (χ1v) is 11.8. The van der Waals surface area contributed by atoms with Crippen molar-refractivity contribution in [2.75, 3.05) is 23.8 Å². The maximum atomic E-state index is 12.4. The summed E-state index contributed by atoms with van der Waals surface area (Å²) in [6.45, 7) is 0.207. The maximum Gasteiger partial charge on any atom is 0.255 e. The van der Waals surface area contributed by atoms with Crippen molar-refractivity contribution in [3.05, 3.63) is 82.8 Å². The summed E-state index contributed by atoms with van der Waals surface area (Å²) in [5.74, 6) is 0.991. The van der Waals surface area contributed by atoms with Crippen molar-refractivity contribution in [1.82, 2.24) is 15.3 Å². The zero-order valence-corrected chi connectivity index (χ0v) is 19.9. The van der Waals surface area contributed by atoms with E-state index in [0.29, 0.717) is 34.5 Å². The van der Waals surface area contributed by atoms with E-state index in [2.05, 4.69) is 20.6 Å². The minimum atomic E-state index is -0.156. The molecule has 1 aromatic heterocycles. The molecule has 0 bridgehead atoms. The van der Waals surface area contributed by atoms with Gasteiger partial charge in [0.2, 0.25) is 5.91 Å². The molecular weight excluding hydrogens is 450 g/mol. The number of likely N-dealkylation sites (N-methyl/N-ethyl adjacent to an activating group) is 1. The average Bonchev–Trinajstić information content (AvgIpc) is 3.33. The molecule has 2 aromatic carbocycles. The van der Waals surface area contributed by atoms with Crippen LogP contribution in [0.4, 0.5) is 11.5 Å². The monoisotopic (exact) mass is 477 g/mol. The van der Waals surface area contributed by atoms with Gasteiger partial charge in [0.1, 0.15) is 16.8 Å². The Bertz CT molecular complexity index is 1130. The quantitative estimate of drug-likeness (QED) is 0.467. The minimum absolute atomic E-state index is 0.0150. The number of aromatic nitrogens is 2. The SMILES string of the molecule is CN(CC(=O)NC1CCCC1)c1cc(Cl)nc(Cc2ccc(NC(=O)c3ccccc3)cc2)n1. The van der Waals surface area contributed by atoms with Gasteiger partial charge in [0, 0.05) is 36.8 Å². The molecule has 0 aliphatic heterocycles. The number of nitrogens with one attached hydrogen (secondary N) is 2. The highest BCUT2D eigenvalue weighted by atomic mass is 35.5. The van der Waals surface area contributed by atoms with Crippen LogP contribution in [-0.4, -0.2) is 41.4 Å². The number of amides is 2. The maximum absolute atomic E-state index is 12.4. The van der Waals surface area contributed by atoms with Crippen molar-refractivity contribution in [3.8, 4) is 0 Å². The van der Waals surface area contributed by atoms with E-state index in [0.717, 1.165) is 18.4 Å². The largest absolute Gasteiger partial charge is 0.352 e. The van der Waals surface area contributed by atoms with Crippen LogP contribution in [0.15, 0.2) is 60.7 Å². The number of carbonyl (C=O) groups is 2. The Labute approximate surface area is 204 Å². The third kappa shape index (κ3) is 6.54. The van der Waals surface area contributed by atoms with Crippen LogP contribution in [0.2, 0.25) is 5.15 Å². The number of halogens is 1. The number of hydrogen-bond acceptors (Lipinski definition) is 5. The highest BCUT2D eigenvalue weighted by molar-refractivity contribution is 6.29. The van der Waals surface area contributed by atoms with Crippen LogP contribution in [0, 0.1) is 0 Å². The molecule has 3 aromatic rings. The molecule has 0 radical (unpaired) electrons. The molecule has 2 amide bonds. The number of benzene rings is 2. The summed E-state index contributed by atoms with van der Waals surface area (Å²) in [4.78, 5) is 35.4. The average molecular weight is 478 g/mol. The van der Waals surface area contributed by atoms with E-state index in [9.17, 15) is 9.59 Å².